The molecule has 4 aliphatic heterocycles. The van der Waals surface area contributed by atoms with Gasteiger partial charge in [0.25, 0.3) is 27.5 Å². The number of nitro benzene ring substituents is 1. The summed E-state index contributed by atoms with van der Waals surface area (Å²) in [6.45, 7) is 12.0. The zero-order chi connectivity index (χ0) is 59.4. The fraction of sp³-hybridized carbons (Fsp3) is 0.413. The van der Waals surface area contributed by atoms with Gasteiger partial charge in [0.1, 0.15) is 28.9 Å². The third-order valence-corrected chi connectivity index (χ3v) is 19.9. The molecule has 6 heterocycles. The number of aromatic amines is 1. The van der Waals surface area contributed by atoms with Crippen molar-refractivity contribution in [2.24, 2.45) is 11.3 Å². The molecule has 11 rings (SSSR count). The fourth-order valence-corrected chi connectivity index (χ4v) is 14.7. The second-order valence-corrected chi connectivity index (χ2v) is 27.0. The summed E-state index contributed by atoms with van der Waals surface area (Å²) in [5.41, 5.74) is 6.98. The van der Waals surface area contributed by atoms with Crippen LogP contribution in [0.25, 0.3) is 16.6 Å². The highest BCUT2D eigenvalue weighted by atomic mass is 35.5. The summed E-state index contributed by atoms with van der Waals surface area (Å²) in [5, 5.41) is 19.6. The number of anilines is 2. The standard InChI is InChI=1S/C63H71ClN10O9S2/c1-63(2)23-21-44(51(35-63)42-11-13-45(64)14-12-42)39-71-27-29-72(30-28-71)46-15-17-50(56(33-46)83-47-32-43-22-24-65-59(43)67-37-47)60(76)69-85(81,82)48-16-18-53(55(34-48)74(79)80)66-36-41-8-7-26-70(38-41)25-4-3-5-31-84-57-10-6-9-49-52(57)40-73(62(49)78)54-19-20-58(75)68-61(54)77/h6,9-18,22,24,32-34,37,41,54,66H,3-5,7-8,19-21,23,25-31,35-36,38-40H2,1-2H3,(H,65,67)(H,69,76)(H,68,75,77). The van der Waals surface area contributed by atoms with E-state index in [4.69, 9.17) is 16.3 Å². The molecular weight excluding hydrogens is 1140 g/mol. The maximum atomic E-state index is 14.2. The number of likely N-dealkylation sites (tertiary alicyclic amines) is 1. The average Bonchev–Trinajstić information content (AvgIpc) is 3.30. The second-order valence-electron chi connectivity index (χ2n) is 23.7. The highest BCUT2D eigenvalue weighted by Gasteiger charge is 2.40. The monoisotopic (exact) mass is 1210 g/mol. The number of amides is 4. The number of hydrogen-bond donors (Lipinski definition) is 4. The first kappa shape index (κ1) is 59.4. The van der Waals surface area contributed by atoms with Crippen molar-refractivity contribution in [1.82, 2.24) is 34.7 Å². The van der Waals surface area contributed by atoms with Crippen LogP contribution in [0.4, 0.5) is 17.1 Å². The number of hydrogen-bond acceptors (Lipinski definition) is 15. The van der Waals surface area contributed by atoms with Crippen LogP contribution < -0.4 is 25.0 Å². The van der Waals surface area contributed by atoms with E-state index in [-0.39, 0.29) is 46.6 Å². The number of imide groups is 1. The normalized spacial score (nSPS) is 19.5. The Kier molecular flexibility index (Phi) is 18.0. The first-order chi connectivity index (χ1) is 40.9. The molecule has 85 heavy (non-hydrogen) atoms. The number of rotatable bonds is 21. The number of nitrogens with zero attached hydrogens (tertiary/aromatic N) is 6. The first-order valence-corrected chi connectivity index (χ1v) is 32.2. The van der Waals surface area contributed by atoms with E-state index >= 15 is 0 Å². The number of ether oxygens (including phenoxy) is 1. The van der Waals surface area contributed by atoms with Gasteiger partial charge in [-0.25, -0.2) is 18.1 Å². The summed E-state index contributed by atoms with van der Waals surface area (Å²) in [7, 11) is -4.63. The predicted molar refractivity (Wildman–Crippen MR) is 330 cm³/mol. The SMILES string of the molecule is CC1(C)CCC(CN2CCN(c3ccc(C(=O)NS(=O)(=O)c4ccc(NCC5CCCN(CCCCCSc6cccc7c6CN(C6CCC(=O)NC6=O)C7=O)C5)c([N+](=O)[O-])c4)c(Oc4cnc5[nH]ccc5c4)c3)CC2)=C(c2ccc(Cl)cc2)C1. The molecule has 1 aliphatic carbocycles. The Bertz CT molecular complexity index is 3680. The van der Waals surface area contributed by atoms with E-state index in [0.717, 1.165) is 129 Å². The summed E-state index contributed by atoms with van der Waals surface area (Å²) < 4.78 is 36.6. The van der Waals surface area contributed by atoms with Crippen molar-refractivity contribution in [3.8, 4) is 11.5 Å². The molecule has 2 aromatic heterocycles. The maximum absolute atomic E-state index is 14.2. The van der Waals surface area contributed by atoms with Crippen LogP contribution in [0.1, 0.15) is 110 Å². The largest absolute Gasteiger partial charge is 0.455 e. The van der Waals surface area contributed by atoms with Crippen LogP contribution in [0.2, 0.25) is 5.02 Å². The Labute approximate surface area is 504 Å². The van der Waals surface area contributed by atoms with Gasteiger partial charge in [-0.2, -0.15) is 0 Å². The second kappa shape index (κ2) is 25.7. The topological polar surface area (TPSA) is 233 Å². The van der Waals surface area contributed by atoms with Gasteiger partial charge in [0, 0.05) is 104 Å². The van der Waals surface area contributed by atoms with Crippen LogP contribution in [0.3, 0.4) is 0 Å². The highest BCUT2D eigenvalue weighted by Crippen LogP contribution is 2.44. The summed E-state index contributed by atoms with van der Waals surface area (Å²) in [6, 6.07) is 25.5. The Balaban J connectivity index is 0.687. The number of fused-ring (bicyclic) bond motifs is 2. The molecule has 4 N–H and O–H groups in total. The number of carbonyl (C=O) groups excluding carboxylic acids is 4. The molecule has 0 spiro atoms. The Morgan fingerprint density at radius 2 is 1.75 bits per heavy atom. The minimum atomic E-state index is -4.63. The molecular formula is C63H71ClN10O9S2. The van der Waals surface area contributed by atoms with Crippen molar-refractivity contribution < 1.29 is 37.3 Å². The predicted octanol–water partition coefficient (Wildman–Crippen LogP) is 10.7. The van der Waals surface area contributed by atoms with Crippen molar-refractivity contribution in [3.05, 3.63) is 146 Å². The zero-order valence-electron chi connectivity index (χ0n) is 47.9. The molecule has 3 fully saturated rings. The fourth-order valence-electron chi connectivity index (χ4n) is 12.5. The van der Waals surface area contributed by atoms with E-state index in [0.29, 0.717) is 49.6 Å². The van der Waals surface area contributed by atoms with Gasteiger partial charge in [-0.1, -0.05) is 55.6 Å². The number of nitro groups is 1. The van der Waals surface area contributed by atoms with Gasteiger partial charge in [-0.05, 0) is 159 Å². The molecule has 2 atom stereocenters. The van der Waals surface area contributed by atoms with Gasteiger partial charge in [0.2, 0.25) is 11.8 Å². The number of piperidine rings is 2. The summed E-state index contributed by atoms with van der Waals surface area (Å²) >= 11 is 7.99. The summed E-state index contributed by atoms with van der Waals surface area (Å²) in [6.07, 6.45) is 11.9. The van der Waals surface area contributed by atoms with Crippen LogP contribution in [0, 0.1) is 21.4 Å². The van der Waals surface area contributed by atoms with Gasteiger partial charge < -0.3 is 29.7 Å². The number of aromatic nitrogens is 2. The lowest BCUT2D eigenvalue weighted by Crippen LogP contribution is -2.52. The van der Waals surface area contributed by atoms with Crippen molar-refractivity contribution >= 4 is 90.7 Å². The molecule has 0 radical (unpaired) electrons. The van der Waals surface area contributed by atoms with Crippen LogP contribution in [0.15, 0.2) is 119 Å². The van der Waals surface area contributed by atoms with Crippen LogP contribution in [0.5, 0.6) is 11.5 Å². The smallest absolute Gasteiger partial charge is 0.293 e. The number of allylic oxidation sites excluding steroid dienone is 1. The number of halogens is 1. The van der Waals surface area contributed by atoms with Crippen molar-refractivity contribution in [3.63, 3.8) is 0 Å². The molecule has 5 aliphatic rings. The number of benzene rings is 4. The molecule has 446 valence electrons. The number of H-pyrrole nitrogens is 1. The van der Waals surface area contributed by atoms with Crippen molar-refractivity contribution in [2.75, 3.05) is 74.9 Å². The lowest BCUT2D eigenvalue weighted by molar-refractivity contribution is -0.384. The number of piperazine rings is 1. The molecule has 4 amide bonds. The van der Waals surface area contributed by atoms with E-state index in [9.17, 15) is 37.7 Å². The van der Waals surface area contributed by atoms with Crippen LogP contribution in [-0.2, 0) is 26.2 Å². The molecule has 0 saturated carbocycles. The lowest BCUT2D eigenvalue weighted by Gasteiger charge is -2.39. The molecule has 0 bridgehead atoms. The molecule has 19 nitrogen and oxygen atoms in total. The minimum absolute atomic E-state index is 0.0522. The number of carbonyl (C=O) groups is 4. The van der Waals surface area contributed by atoms with Crippen LogP contribution >= 0.6 is 23.4 Å². The first-order valence-electron chi connectivity index (χ1n) is 29.3. The summed E-state index contributed by atoms with van der Waals surface area (Å²) in [4.78, 5) is 80.5. The maximum Gasteiger partial charge on any atom is 0.293 e. The van der Waals surface area contributed by atoms with Crippen molar-refractivity contribution in [2.45, 2.75) is 100 Å². The molecule has 22 heteroatoms. The minimum Gasteiger partial charge on any atom is -0.455 e. The van der Waals surface area contributed by atoms with E-state index in [1.165, 1.54) is 35.0 Å². The Hall–Kier alpha value is -7.30. The lowest BCUT2D eigenvalue weighted by atomic mass is 9.72. The van der Waals surface area contributed by atoms with E-state index in [2.05, 4.69) is 66.0 Å². The van der Waals surface area contributed by atoms with E-state index < -0.39 is 43.4 Å². The quantitative estimate of drug-likeness (QED) is 0.0173. The molecule has 3 saturated heterocycles. The number of pyridine rings is 1. The summed E-state index contributed by atoms with van der Waals surface area (Å²) in [5.74, 6) is -0.341. The van der Waals surface area contributed by atoms with E-state index in [1.54, 1.807) is 53.2 Å². The van der Waals surface area contributed by atoms with Crippen LogP contribution in [-0.4, -0.2) is 132 Å². The highest BCUT2D eigenvalue weighted by molar-refractivity contribution is 7.99. The third-order valence-electron chi connectivity index (χ3n) is 17.1. The molecule has 4 aromatic carbocycles. The average molecular weight is 1210 g/mol. The number of sulfonamides is 1. The molecule has 2 unspecified atom stereocenters. The van der Waals surface area contributed by atoms with Gasteiger partial charge in [0.05, 0.1) is 21.6 Å². The molecule has 6 aromatic rings. The Morgan fingerprint density at radius 3 is 2.55 bits per heavy atom. The van der Waals surface area contributed by atoms with Gasteiger partial charge in [-0.15, -0.1) is 11.8 Å². The number of unbranched alkanes of at least 4 members (excludes halogenated alkanes) is 2. The number of thioether (sulfide) groups is 1. The number of nitrogens with one attached hydrogen (secondary N) is 4. The van der Waals surface area contributed by atoms with Gasteiger partial charge in [-0.3, -0.25) is 39.5 Å². The zero-order valence-corrected chi connectivity index (χ0v) is 50.3. The van der Waals surface area contributed by atoms with Crippen molar-refractivity contribution in [1.29, 1.82) is 0 Å². The third kappa shape index (κ3) is 14.0. The van der Waals surface area contributed by atoms with Gasteiger partial charge >= 0.3 is 0 Å². The Morgan fingerprint density at radius 1 is 0.929 bits per heavy atom. The van der Waals surface area contributed by atoms with Gasteiger partial charge in [0.15, 0.2) is 0 Å². The van der Waals surface area contributed by atoms with E-state index in [1.807, 2.05) is 30.3 Å².